The summed E-state index contributed by atoms with van der Waals surface area (Å²) in [4.78, 5) is 0. The Labute approximate surface area is 218 Å². The molecule has 1 N–H and O–H groups in total. The number of hydrogen-bond acceptors (Lipinski definition) is 4. The predicted octanol–water partition coefficient (Wildman–Crippen LogP) is 3.33. The molecule has 0 aromatic carbocycles. The second-order valence-electron chi connectivity index (χ2n) is 8.07. The molecule has 0 aliphatic rings. The largest absolute Gasteiger partial charge is 1.00 e. The summed E-state index contributed by atoms with van der Waals surface area (Å²) in [5.41, 5.74) is 0. The summed E-state index contributed by atoms with van der Waals surface area (Å²) in [6.45, 7) is 2.46. The molecule has 4 nitrogen and oxygen atoms in total. The number of aliphatic hydroxyl groups is 1. The van der Waals surface area contributed by atoms with Crippen molar-refractivity contribution in [3.63, 3.8) is 0 Å². The van der Waals surface area contributed by atoms with Crippen LogP contribution in [0.5, 0.6) is 0 Å². The van der Waals surface area contributed by atoms with Gasteiger partial charge in [0.15, 0.2) is 0 Å². The molecule has 0 saturated heterocycles. The first-order chi connectivity index (χ1) is 13.0. The van der Waals surface area contributed by atoms with Crippen LogP contribution in [-0.2, 0) is 10.1 Å². The minimum atomic E-state index is -4.17. The van der Waals surface area contributed by atoms with Crippen LogP contribution in [-0.4, -0.2) is 29.9 Å². The summed E-state index contributed by atoms with van der Waals surface area (Å²) in [7, 11) is -4.17. The molecule has 0 heterocycles. The maximum Gasteiger partial charge on any atom is 1.00 e. The van der Waals surface area contributed by atoms with Gasteiger partial charge in [-0.25, -0.2) is 8.42 Å². The molecule has 0 fully saturated rings. The van der Waals surface area contributed by atoms with Crippen LogP contribution < -0.4 is 51.4 Å². The average Bonchev–Trinajstić information content (AvgIpc) is 2.62. The third kappa shape index (κ3) is 22.2. The van der Waals surface area contributed by atoms with E-state index >= 15 is 0 Å². The van der Waals surface area contributed by atoms with Crippen LogP contribution >= 0.6 is 0 Å². The quantitative estimate of drug-likeness (QED) is 0.167. The Balaban J connectivity index is 0. The van der Waals surface area contributed by atoms with E-state index in [9.17, 15) is 13.0 Å². The van der Waals surface area contributed by atoms with Gasteiger partial charge in [-0.15, -0.1) is 0 Å². The van der Waals surface area contributed by atoms with Crippen molar-refractivity contribution < 1.29 is 69.5 Å². The fourth-order valence-electron chi connectivity index (χ4n) is 3.66. The zero-order valence-electron chi connectivity index (χ0n) is 18.8. The third-order valence-electron chi connectivity index (χ3n) is 5.47. The van der Waals surface area contributed by atoms with Gasteiger partial charge in [-0.2, -0.15) is 0 Å². The monoisotopic (exact) mass is 444 g/mol. The van der Waals surface area contributed by atoms with E-state index in [1.807, 2.05) is 0 Å². The number of hydrogen-bond donors (Lipinski definition) is 1. The summed E-state index contributed by atoms with van der Waals surface area (Å²) in [6, 6.07) is 0. The summed E-state index contributed by atoms with van der Waals surface area (Å²) in [6.07, 6.45) is 20.6. The molecular formula is C22H45KO4S. The molecule has 1 unspecified atom stereocenters. The van der Waals surface area contributed by atoms with Crippen molar-refractivity contribution in [2.75, 3.05) is 6.61 Å². The Morgan fingerprint density at radius 1 is 0.643 bits per heavy atom. The Hall–Kier alpha value is 1.51. The van der Waals surface area contributed by atoms with Crippen LogP contribution in [0, 0.1) is 0 Å². The molecule has 0 bridgehead atoms. The zero-order chi connectivity index (χ0) is 20.2. The van der Waals surface area contributed by atoms with E-state index in [0.29, 0.717) is 12.8 Å². The second-order valence-corrected chi connectivity index (χ2v) is 9.72. The Bertz CT molecular complexity index is 401. The van der Waals surface area contributed by atoms with Gasteiger partial charge in [-0.05, 0) is 19.3 Å². The van der Waals surface area contributed by atoms with Crippen LogP contribution in [0.15, 0.2) is 0 Å². The van der Waals surface area contributed by atoms with E-state index in [4.69, 9.17) is 5.11 Å². The summed E-state index contributed by atoms with van der Waals surface area (Å²) in [5, 5.41) is 8.04. The van der Waals surface area contributed by atoms with Gasteiger partial charge in [0.25, 0.3) is 0 Å². The van der Waals surface area contributed by atoms with Crippen LogP contribution in [0.3, 0.4) is 0 Å². The van der Waals surface area contributed by atoms with Crippen molar-refractivity contribution in [2.45, 2.75) is 134 Å². The maximum atomic E-state index is 11.4. The van der Waals surface area contributed by atoms with E-state index in [0.717, 1.165) is 51.4 Å². The zero-order valence-corrected chi connectivity index (χ0v) is 22.7. The van der Waals surface area contributed by atoms with Crippen molar-refractivity contribution >= 4 is 10.1 Å². The van der Waals surface area contributed by atoms with E-state index < -0.39 is 15.4 Å². The summed E-state index contributed by atoms with van der Waals surface area (Å²) < 4.78 is 34.3. The molecule has 0 aliphatic heterocycles. The molecule has 0 saturated carbocycles. The smallest absolute Gasteiger partial charge is 0.748 e. The molecule has 0 radical (unpaired) electrons. The van der Waals surface area contributed by atoms with Gasteiger partial charge < -0.3 is 9.66 Å². The van der Waals surface area contributed by atoms with Crippen molar-refractivity contribution in [3.05, 3.63) is 0 Å². The summed E-state index contributed by atoms with van der Waals surface area (Å²) in [5.74, 6) is 0. The van der Waals surface area contributed by atoms with Gasteiger partial charge in [0.1, 0.15) is 0 Å². The number of unbranched alkanes of at least 4 members (excludes halogenated alkanes) is 15. The normalized spacial score (nSPS) is 12.7. The summed E-state index contributed by atoms with van der Waals surface area (Å²) >= 11 is 0. The van der Waals surface area contributed by atoms with Crippen molar-refractivity contribution in [3.8, 4) is 0 Å². The Kier molecular flexibility index (Phi) is 26.2. The van der Waals surface area contributed by atoms with Crippen LogP contribution in [0.25, 0.3) is 0 Å². The van der Waals surface area contributed by atoms with E-state index in [2.05, 4.69) is 6.92 Å². The van der Waals surface area contributed by atoms with Crippen LogP contribution in [0.1, 0.15) is 129 Å². The molecule has 0 spiro atoms. The molecule has 0 amide bonds. The van der Waals surface area contributed by atoms with Gasteiger partial charge in [0, 0.05) is 11.9 Å². The maximum absolute atomic E-state index is 11.4. The van der Waals surface area contributed by atoms with Crippen molar-refractivity contribution in [1.29, 1.82) is 0 Å². The molecular weight excluding hydrogens is 399 g/mol. The van der Waals surface area contributed by atoms with Crippen molar-refractivity contribution in [1.82, 2.24) is 0 Å². The molecule has 0 aromatic rings. The molecule has 6 heteroatoms. The van der Waals surface area contributed by atoms with E-state index in [-0.39, 0.29) is 58.0 Å². The SMILES string of the molecule is CCCCCCCCCCCCCCC(CCCCCCCO)S(=O)(=O)[O-].[K+]. The first-order valence-corrected chi connectivity index (χ1v) is 13.0. The van der Waals surface area contributed by atoms with Gasteiger partial charge in [-0.3, -0.25) is 0 Å². The molecule has 0 aliphatic carbocycles. The first kappa shape index (κ1) is 31.7. The predicted molar refractivity (Wildman–Crippen MR) is 114 cm³/mol. The van der Waals surface area contributed by atoms with Gasteiger partial charge in [-0.1, -0.05) is 110 Å². The average molecular weight is 445 g/mol. The molecule has 1 atom stereocenters. The molecule has 0 aromatic heterocycles. The number of rotatable bonds is 21. The first-order valence-electron chi connectivity index (χ1n) is 11.6. The van der Waals surface area contributed by atoms with Gasteiger partial charge >= 0.3 is 51.4 Å². The van der Waals surface area contributed by atoms with E-state index in [1.54, 1.807) is 0 Å². The minimum Gasteiger partial charge on any atom is -0.748 e. The fourth-order valence-corrected chi connectivity index (χ4v) is 4.57. The molecule has 164 valence electrons. The van der Waals surface area contributed by atoms with Crippen LogP contribution in [0.4, 0.5) is 0 Å². The van der Waals surface area contributed by atoms with Gasteiger partial charge in [0.2, 0.25) is 0 Å². The fraction of sp³-hybridized carbons (Fsp3) is 1.00. The Morgan fingerprint density at radius 2 is 0.964 bits per heavy atom. The van der Waals surface area contributed by atoms with E-state index in [1.165, 1.54) is 57.8 Å². The topological polar surface area (TPSA) is 77.4 Å². The van der Waals surface area contributed by atoms with Crippen LogP contribution in [0.2, 0.25) is 0 Å². The molecule has 28 heavy (non-hydrogen) atoms. The second kappa shape index (κ2) is 23.2. The Morgan fingerprint density at radius 3 is 1.29 bits per heavy atom. The molecule has 0 rings (SSSR count). The number of aliphatic hydroxyl groups excluding tert-OH is 1. The minimum absolute atomic E-state index is 0. The van der Waals surface area contributed by atoms with Gasteiger partial charge in [0.05, 0.1) is 10.1 Å². The standard InChI is InChI=1S/C22H46O4S.K/c1-2-3-4-5-6-7-8-9-10-11-13-16-19-22(27(24,25)26)20-17-14-12-15-18-21-23;/h22-23H,2-21H2,1H3,(H,24,25,26);/q;+1/p-1. The van der Waals surface area contributed by atoms with Crippen molar-refractivity contribution in [2.24, 2.45) is 0 Å². The third-order valence-corrected chi connectivity index (χ3v) is 6.76.